The maximum absolute atomic E-state index is 5.48. The zero-order chi connectivity index (χ0) is 18.7. The van der Waals surface area contributed by atoms with E-state index in [4.69, 9.17) is 12.2 Å². The van der Waals surface area contributed by atoms with E-state index in [0.717, 1.165) is 29.3 Å². The standard InChI is InChI=1S/C21H24N4S/c1-14-8-7-11-19(12-14)22-21(26)23-20-16(3)24-25(17(20)4)13-18-10-6-5-9-15(18)2/h5-12H,13H2,1-4H3,(H2,22,23,26). The molecule has 2 N–H and O–H groups in total. The Kier molecular flexibility index (Phi) is 5.38. The third-order valence-corrected chi connectivity index (χ3v) is 4.68. The van der Waals surface area contributed by atoms with Crippen molar-refractivity contribution in [3.63, 3.8) is 0 Å². The fraction of sp³-hybridized carbons (Fsp3) is 0.238. The minimum atomic E-state index is 0.567. The lowest BCUT2D eigenvalue weighted by atomic mass is 10.1. The molecular formula is C21H24N4S. The summed E-state index contributed by atoms with van der Waals surface area (Å²) in [4.78, 5) is 0. The third kappa shape index (κ3) is 4.11. The minimum absolute atomic E-state index is 0.567. The molecule has 0 atom stereocenters. The van der Waals surface area contributed by atoms with Crippen molar-refractivity contribution in [2.75, 3.05) is 10.6 Å². The van der Waals surface area contributed by atoms with Gasteiger partial charge < -0.3 is 10.6 Å². The third-order valence-electron chi connectivity index (χ3n) is 4.48. The zero-order valence-corrected chi connectivity index (χ0v) is 16.4. The molecule has 0 aliphatic rings. The summed E-state index contributed by atoms with van der Waals surface area (Å²) in [7, 11) is 0. The number of nitrogens with one attached hydrogen (secondary N) is 2. The van der Waals surface area contributed by atoms with Gasteiger partial charge >= 0.3 is 0 Å². The van der Waals surface area contributed by atoms with Crippen molar-refractivity contribution >= 4 is 28.7 Å². The fourth-order valence-corrected chi connectivity index (χ4v) is 3.20. The summed E-state index contributed by atoms with van der Waals surface area (Å²) in [6.45, 7) is 9.00. The van der Waals surface area contributed by atoms with Crippen molar-refractivity contribution in [3.05, 3.63) is 76.6 Å². The Hall–Kier alpha value is -2.66. The van der Waals surface area contributed by atoms with Gasteiger partial charge in [0.15, 0.2) is 5.11 Å². The Labute approximate surface area is 160 Å². The first kappa shape index (κ1) is 18.1. The van der Waals surface area contributed by atoms with Crippen LogP contribution < -0.4 is 10.6 Å². The number of hydrogen-bond acceptors (Lipinski definition) is 2. The topological polar surface area (TPSA) is 41.9 Å². The Morgan fingerprint density at radius 3 is 2.50 bits per heavy atom. The molecule has 1 heterocycles. The average molecular weight is 365 g/mol. The van der Waals surface area contributed by atoms with E-state index < -0.39 is 0 Å². The maximum Gasteiger partial charge on any atom is 0.175 e. The zero-order valence-electron chi connectivity index (χ0n) is 15.6. The van der Waals surface area contributed by atoms with Gasteiger partial charge in [-0.25, -0.2) is 0 Å². The van der Waals surface area contributed by atoms with Crippen molar-refractivity contribution in [1.82, 2.24) is 9.78 Å². The predicted octanol–water partition coefficient (Wildman–Crippen LogP) is 4.97. The first-order valence-electron chi connectivity index (χ1n) is 8.67. The van der Waals surface area contributed by atoms with Crippen molar-refractivity contribution in [2.45, 2.75) is 34.2 Å². The Bertz CT molecular complexity index is 943. The van der Waals surface area contributed by atoms with Gasteiger partial charge in [-0.05, 0) is 68.7 Å². The second-order valence-electron chi connectivity index (χ2n) is 6.58. The molecule has 0 amide bonds. The first-order valence-corrected chi connectivity index (χ1v) is 9.08. The molecule has 0 bridgehead atoms. The summed E-state index contributed by atoms with van der Waals surface area (Å²) in [5.41, 5.74) is 7.67. The van der Waals surface area contributed by atoms with Gasteiger partial charge in [-0.15, -0.1) is 0 Å². The highest BCUT2D eigenvalue weighted by molar-refractivity contribution is 7.80. The van der Waals surface area contributed by atoms with Gasteiger partial charge in [0.1, 0.15) is 0 Å². The minimum Gasteiger partial charge on any atom is -0.332 e. The number of aryl methyl sites for hydroxylation is 3. The highest BCUT2D eigenvalue weighted by atomic mass is 32.1. The van der Waals surface area contributed by atoms with E-state index in [-0.39, 0.29) is 0 Å². The van der Waals surface area contributed by atoms with Crippen LogP contribution in [0.15, 0.2) is 48.5 Å². The fourth-order valence-electron chi connectivity index (χ4n) is 2.98. The number of aromatic nitrogens is 2. The SMILES string of the molecule is Cc1cccc(NC(=S)Nc2c(C)nn(Cc3ccccc3C)c2C)c1. The first-order chi connectivity index (χ1) is 12.4. The lowest BCUT2D eigenvalue weighted by Gasteiger charge is -2.12. The second-order valence-corrected chi connectivity index (χ2v) is 6.99. The van der Waals surface area contributed by atoms with Gasteiger partial charge in [0, 0.05) is 5.69 Å². The molecule has 5 heteroatoms. The van der Waals surface area contributed by atoms with Gasteiger partial charge in [0.25, 0.3) is 0 Å². The number of rotatable bonds is 4. The van der Waals surface area contributed by atoms with Gasteiger partial charge in [0.05, 0.1) is 23.6 Å². The molecule has 0 aliphatic heterocycles. The van der Waals surface area contributed by atoms with Crippen LogP contribution in [0, 0.1) is 27.7 Å². The molecule has 0 spiro atoms. The number of thiocarbonyl (C=S) groups is 1. The monoisotopic (exact) mass is 364 g/mol. The van der Waals surface area contributed by atoms with E-state index in [1.807, 2.05) is 23.7 Å². The van der Waals surface area contributed by atoms with Gasteiger partial charge in [0.2, 0.25) is 0 Å². The molecule has 0 fully saturated rings. The molecule has 1 aromatic heterocycles. The molecule has 26 heavy (non-hydrogen) atoms. The summed E-state index contributed by atoms with van der Waals surface area (Å²) in [5, 5.41) is 11.8. The summed E-state index contributed by atoms with van der Waals surface area (Å²) >= 11 is 5.48. The molecule has 2 aromatic carbocycles. The lowest BCUT2D eigenvalue weighted by molar-refractivity contribution is 0.657. The maximum atomic E-state index is 5.48. The number of hydrogen-bond donors (Lipinski definition) is 2. The van der Waals surface area contributed by atoms with Crippen molar-refractivity contribution in [1.29, 1.82) is 0 Å². The number of anilines is 2. The normalized spacial score (nSPS) is 10.6. The van der Waals surface area contributed by atoms with Crippen LogP contribution in [0.25, 0.3) is 0 Å². The van der Waals surface area contributed by atoms with E-state index in [1.54, 1.807) is 0 Å². The van der Waals surface area contributed by atoms with Crippen LogP contribution in [-0.4, -0.2) is 14.9 Å². The van der Waals surface area contributed by atoms with E-state index in [0.29, 0.717) is 5.11 Å². The Morgan fingerprint density at radius 1 is 1.00 bits per heavy atom. The van der Waals surface area contributed by atoms with Crippen molar-refractivity contribution in [2.24, 2.45) is 0 Å². The van der Waals surface area contributed by atoms with Crippen LogP contribution >= 0.6 is 12.2 Å². The van der Waals surface area contributed by atoms with E-state index >= 15 is 0 Å². The second kappa shape index (κ2) is 7.70. The quantitative estimate of drug-likeness (QED) is 0.641. The summed E-state index contributed by atoms with van der Waals surface area (Å²) in [6, 6.07) is 16.5. The molecule has 0 saturated carbocycles. The Morgan fingerprint density at radius 2 is 1.77 bits per heavy atom. The molecule has 0 aliphatic carbocycles. The van der Waals surface area contributed by atoms with E-state index in [2.05, 4.69) is 72.9 Å². The number of nitrogens with zero attached hydrogens (tertiary/aromatic N) is 2. The van der Waals surface area contributed by atoms with Crippen molar-refractivity contribution in [3.8, 4) is 0 Å². The van der Waals surface area contributed by atoms with Gasteiger partial charge in [-0.2, -0.15) is 5.10 Å². The molecule has 3 rings (SSSR count). The summed E-state index contributed by atoms with van der Waals surface area (Å²) in [6.07, 6.45) is 0. The van der Waals surface area contributed by atoms with Crippen LogP contribution in [0.4, 0.5) is 11.4 Å². The average Bonchev–Trinajstić information content (AvgIpc) is 2.84. The van der Waals surface area contributed by atoms with Gasteiger partial charge in [-0.1, -0.05) is 36.4 Å². The molecule has 0 saturated heterocycles. The Balaban J connectivity index is 1.75. The highest BCUT2D eigenvalue weighted by Crippen LogP contribution is 2.22. The summed E-state index contributed by atoms with van der Waals surface area (Å²) < 4.78 is 2.02. The summed E-state index contributed by atoms with van der Waals surface area (Å²) in [5.74, 6) is 0. The lowest BCUT2D eigenvalue weighted by Crippen LogP contribution is -2.20. The van der Waals surface area contributed by atoms with Crippen LogP contribution in [-0.2, 0) is 6.54 Å². The van der Waals surface area contributed by atoms with Crippen molar-refractivity contribution < 1.29 is 0 Å². The highest BCUT2D eigenvalue weighted by Gasteiger charge is 2.13. The molecule has 4 nitrogen and oxygen atoms in total. The van der Waals surface area contributed by atoms with E-state index in [1.165, 1.54) is 16.7 Å². The van der Waals surface area contributed by atoms with Crippen LogP contribution in [0.2, 0.25) is 0 Å². The predicted molar refractivity (Wildman–Crippen MR) is 113 cm³/mol. The molecule has 134 valence electrons. The molecule has 3 aromatic rings. The molecule has 0 radical (unpaired) electrons. The largest absolute Gasteiger partial charge is 0.332 e. The van der Waals surface area contributed by atoms with Gasteiger partial charge in [-0.3, -0.25) is 4.68 Å². The smallest absolute Gasteiger partial charge is 0.175 e. The molecule has 0 unspecified atom stereocenters. The van der Waals surface area contributed by atoms with E-state index in [9.17, 15) is 0 Å². The van der Waals surface area contributed by atoms with Crippen LogP contribution in [0.5, 0.6) is 0 Å². The van der Waals surface area contributed by atoms with Crippen LogP contribution in [0.3, 0.4) is 0 Å². The number of benzene rings is 2. The molecular weight excluding hydrogens is 340 g/mol. The van der Waals surface area contributed by atoms with Crippen LogP contribution in [0.1, 0.15) is 28.1 Å².